The van der Waals surface area contributed by atoms with Crippen LogP contribution in [0.5, 0.6) is 0 Å². The Hall–Kier alpha value is -2.89. The predicted octanol–water partition coefficient (Wildman–Crippen LogP) is 2.82. The van der Waals surface area contributed by atoms with Gasteiger partial charge in [-0.3, -0.25) is 9.59 Å². The largest absolute Gasteiger partial charge is 0.376 e. The van der Waals surface area contributed by atoms with E-state index in [2.05, 4.69) is 16.0 Å². The van der Waals surface area contributed by atoms with Crippen LogP contribution in [0.1, 0.15) is 18.1 Å². The summed E-state index contributed by atoms with van der Waals surface area (Å²) in [6.07, 6.45) is 0. The number of aryl methyl sites for hydroxylation is 1. The number of halogens is 1. The molecule has 24 heavy (non-hydrogen) atoms. The fourth-order valence-corrected chi connectivity index (χ4v) is 2.17. The molecule has 0 aliphatic rings. The molecule has 0 aliphatic heterocycles. The van der Waals surface area contributed by atoms with Crippen LogP contribution in [-0.4, -0.2) is 18.4 Å². The van der Waals surface area contributed by atoms with E-state index >= 15 is 0 Å². The minimum Gasteiger partial charge on any atom is -0.376 e. The molecule has 126 valence electrons. The Morgan fingerprint density at radius 1 is 1.08 bits per heavy atom. The number of hydrogen-bond acceptors (Lipinski definition) is 3. The average Bonchev–Trinajstić information content (AvgIpc) is 2.54. The molecule has 0 aromatic heterocycles. The summed E-state index contributed by atoms with van der Waals surface area (Å²) in [4.78, 5) is 22.9. The topological polar surface area (TPSA) is 70.2 Å². The Labute approximate surface area is 140 Å². The van der Waals surface area contributed by atoms with Crippen molar-refractivity contribution < 1.29 is 14.0 Å². The highest BCUT2D eigenvalue weighted by Gasteiger charge is 2.04. The molecule has 2 amide bonds. The highest BCUT2D eigenvalue weighted by molar-refractivity contribution is 5.89. The molecule has 2 rings (SSSR count). The summed E-state index contributed by atoms with van der Waals surface area (Å²) < 4.78 is 13.2. The molecule has 3 N–H and O–H groups in total. The number of benzene rings is 2. The summed E-state index contributed by atoms with van der Waals surface area (Å²) in [5.41, 5.74) is 2.79. The van der Waals surface area contributed by atoms with Crippen molar-refractivity contribution in [2.45, 2.75) is 20.4 Å². The zero-order valence-corrected chi connectivity index (χ0v) is 13.7. The Morgan fingerprint density at radius 2 is 1.83 bits per heavy atom. The van der Waals surface area contributed by atoms with E-state index in [-0.39, 0.29) is 24.2 Å². The SMILES string of the molecule is CC(=O)Nc1cccc(NCC(=O)NCc2ccc(F)c(C)c2)c1. The maximum absolute atomic E-state index is 13.2. The van der Waals surface area contributed by atoms with Gasteiger partial charge in [0, 0.05) is 24.8 Å². The molecule has 0 atom stereocenters. The van der Waals surface area contributed by atoms with Gasteiger partial charge in [-0.15, -0.1) is 0 Å². The molecule has 6 heteroatoms. The fourth-order valence-electron chi connectivity index (χ4n) is 2.17. The predicted molar refractivity (Wildman–Crippen MR) is 92.2 cm³/mol. The summed E-state index contributed by atoms with van der Waals surface area (Å²) >= 11 is 0. The van der Waals surface area contributed by atoms with Gasteiger partial charge in [-0.25, -0.2) is 4.39 Å². The van der Waals surface area contributed by atoms with Crippen LogP contribution in [-0.2, 0) is 16.1 Å². The minimum absolute atomic E-state index is 0.101. The van der Waals surface area contributed by atoms with E-state index in [0.29, 0.717) is 17.8 Å². The van der Waals surface area contributed by atoms with Crippen molar-refractivity contribution in [3.05, 3.63) is 59.4 Å². The van der Waals surface area contributed by atoms with Crippen molar-refractivity contribution in [1.29, 1.82) is 0 Å². The molecular weight excluding hydrogens is 309 g/mol. The first kappa shape index (κ1) is 17.5. The summed E-state index contributed by atoms with van der Waals surface area (Å²) in [5.74, 6) is -0.591. The summed E-state index contributed by atoms with van der Waals surface area (Å²) in [6, 6.07) is 11.9. The molecule has 0 fully saturated rings. The van der Waals surface area contributed by atoms with Crippen LogP contribution in [0.4, 0.5) is 15.8 Å². The zero-order valence-electron chi connectivity index (χ0n) is 13.7. The molecule has 2 aromatic carbocycles. The maximum Gasteiger partial charge on any atom is 0.239 e. The van der Waals surface area contributed by atoms with Crippen molar-refractivity contribution in [2.24, 2.45) is 0 Å². The van der Waals surface area contributed by atoms with Gasteiger partial charge in [-0.2, -0.15) is 0 Å². The van der Waals surface area contributed by atoms with Crippen LogP contribution in [0, 0.1) is 12.7 Å². The number of carbonyl (C=O) groups is 2. The van der Waals surface area contributed by atoms with Gasteiger partial charge < -0.3 is 16.0 Å². The summed E-state index contributed by atoms with van der Waals surface area (Å²) in [7, 11) is 0. The molecule has 0 spiro atoms. The van der Waals surface area contributed by atoms with Crippen molar-refractivity contribution in [3.8, 4) is 0 Å². The molecule has 0 saturated carbocycles. The second-order valence-electron chi connectivity index (χ2n) is 5.48. The number of hydrogen-bond donors (Lipinski definition) is 3. The van der Waals surface area contributed by atoms with E-state index < -0.39 is 0 Å². The lowest BCUT2D eigenvalue weighted by molar-refractivity contribution is -0.119. The van der Waals surface area contributed by atoms with E-state index in [1.54, 1.807) is 37.3 Å². The van der Waals surface area contributed by atoms with Crippen LogP contribution < -0.4 is 16.0 Å². The summed E-state index contributed by atoms with van der Waals surface area (Å²) in [6.45, 7) is 3.56. The number of anilines is 2. The third kappa shape index (κ3) is 5.39. The van der Waals surface area contributed by atoms with Crippen LogP contribution in [0.25, 0.3) is 0 Å². The Bertz CT molecular complexity index is 747. The molecule has 0 aliphatic carbocycles. The highest BCUT2D eigenvalue weighted by atomic mass is 19.1. The van der Waals surface area contributed by atoms with Crippen LogP contribution in [0.2, 0.25) is 0 Å². The van der Waals surface area contributed by atoms with Gasteiger partial charge in [-0.1, -0.05) is 18.2 Å². The lowest BCUT2D eigenvalue weighted by Crippen LogP contribution is -2.29. The lowest BCUT2D eigenvalue weighted by atomic mass is 10.1. The molecule has 0 heterocycles. The second-order valence-corrected chi connectivity index (χ2v) is 5.48. The maximum atomic E-state index is 13.2. The minimum atomic E-state index is -0.259. The molecular formula is C18H20FN3O2. The van der Waals surface area contributed by atoms with E-state index in [9.17, 15) is 14.0 Å². The van der Waals surface area contributed by atoms with Gasteiger partial charge in [0.25, 0.3) is 0 Å². The van der Waals surface area contributed by atoms with Gasteiger partial charge in [0.2, 0.25) is 11.8 Å². The number of rotatable bonds is 6. The Balaban J connectivity index is 1.82. The van der Waals surface area contributed by atoms with E-state index in [4.69, 9.17) is 0 Å². The van der Waals surface area contributed by atoms with Crippen molar-refractivity contribution >= 4 is 23.2 Å². The van der Waals surface area contributed by atoms with Gasteiger partial charge in [-0.05, 0) is 42.3 Å². The molecule has 0 unspecified atom stereocenters. The Kier molecular flexibility index (Phi) is 5.89. The van der Waals surface area contributed by atoms with Crippen LogP contribution in [0.3, 0.4) is 0 Å². The number of amides is 2. The van der Waals surface area contributed by atoms with E-state index in [0.717, 1.165) is 11.3 Å². The molecule has 0 radical (unpaired) electrons. The van der Waals surface area contributed by atoms with Crippen molar-refractivity contribution in [1.82, 2.24) is 5.32 Å². The lowest BCUT2D eigenvalue weighted by Gasteiger charge is -2.10. The first-order valence-electron chi connectivity index (χ1n) is 7.57. The second kappa shape index (κ2) is 8.10. The Morgan fingerprint density at radius 3 is 2.54 bits per heavy atom. The van der Waals surface area contributed by atoms with Gasteiger partial charge >= 0.3 is 0 Å². The number of carbonyl (C=O) groups excluding carboxylic acids is 2. The first-order chi connectivity index (χ1) is 11.4. The van der Waals surface area contributed by atoms with E-state index in [1.807, 2.05) is 6.07 Å². The molecule has 0 bridgehead atoms. The van der Waals surface area contributed by atoms with Gasteiger partial charge in [0.05, 0.1) is 6.54 Å². The highest BCUT2D eigenvalue weighted by Crippen LogP contribution is 2.14. The fraction of sp³-hybridized carbons (Fsp3) is 0.222. The third-order valence-electron chi connectivity index (χ3n) is 3.35. The van der Waals surface area contributed by atoms with Gasteiger partial charge in [0.15, 0.2) is 0 Å². The number of nitrogens with one attached hydrogen (secondary N) is 3. The van der Waals surface area contributed by atoms with Crippen molar-refractivity contribution in [3.63, 3.8) is 0 Å². The van der Waals surface area contributed by atoms with Crippen molar-refractivity contribution in [2.75, 3.05) is 17.2 Å². The molecule has 0 saturated heterocycles. The quantitative estimate of drug-likeness (QED) is 0.763. The molecule has 2 aromatic rings. The monoisotopic (exact) mass is 329 g/mol. The first-order valence-corrected chi connectivity index (χ1v) is 7.57. The summed E-state index contributed by atoms with van der Waals surface area (Å²) in [5, 5.41) is 8.44. The average molecular weight is 329 g/mol. The van der Waals surface area contributed by atoms with Crippen LogP contribution in [0.15, 0.2) is 42.5 Å². The van der Waals surface area contributed by atoms with Crippen LogP contribution >= 0.6 is 0 Å². The molecule has 5 nitrogen and oxygen atoms in total. The zero-order chi connectivity index (χ0) is 17.5. The third-order valence-corrected chi connectivity index (χ3v) is 3.35. The standard InChI is InChI=1S/C18H20FN3O2/c1-12-8-14(6-7-17(12)19)10-21-18(24)11-20-15-4-3-5-16(9-15)22-13(2)23/h3-9,20H,10-11H2,1-2H3,(H,21,24)(H,22,23). The van der Waals surface area contributed by atoms with E-state index in [1.165, 1.54) is 13.0 Å². The van der Waals surface area contributed by atoms with Gasteiger partial charge in [0.1, 0.15) is 5.82 Å². The smallest absolute Gasteiger partial charge is 0.239 e. The normalized spacial score (nSPS) is 10.1.